The first kappa shape index (κ1) is 18.5. The predicted octanol–water partition coefficient (Wildman–Crippen LogP) is 5.10. The van der Waals surface area contributed by atoms with Crippen molar-refractivity contribution in [2.75, 3.05) is 0 Å². The van der Waals surface area contributed by atoms with Gasteiger partial charge in [-0.1, -0.05) is 23.7 Å². The average molecular weight is 482 g/mol. The third-order valence-corrected chi connectivity index (χ3v) is 5.02. The van der Waals surface area contributed by atoms with E-state index in [2.05, 4.69) is 27.3 Å². The lowest BCUT2D eigenvalue weighted by Gasteiger charge is -2.21. The molecule has 1 atom stereocenters. The Hall–Kier alpha value is -1.32. The fourth-order valence-corrected chi connectivity index (χ4v) is 4.37. The second-order valence-corrected chi connectivity index (χ2v) is 7.24. The summed E-state index contributed by atoms with van der Waals surface area (Å²) in [5.41, 5.74) is 2.72. The second-order valence-electron chi connectivity index (χ2n) is 5.64. The lowest BCUT2D eigenvalue weighted by atomic mass is 10.1. The number of rotatable bonds is 4. The van der Waals surface area contributed by atoms with Gasteiger partial charge in [0.15, 0.2) is 0 Å². The molecular formula is C17H12ClF3INO2. The Bertz CT molecular complexity index is 796. The molecule has 0 amide bonds. The van der Waals surface area contributed by atoms with E-state index in [4.69, 9.17) is 11.6 Å². The van der Waals surface area contributed by atoms with Crippen molar-refractivity contribution in [2.45, 2.75) is 25.5 Å². The molecule has 2 aromatic rings. The van der Waals surface area contributed by atoms with Gasteiger partial charge in [-0.3, -0.25) is 4.90 Å². The van der Waals surface area contributed by atoms with Crippen LogP contribution in [0.2, 0.25) is 5.02 Å². The number of fused-ring (bicyclic) bond motifs is 1. The molecular weight excluding hydrogens is 470 g/mol. The maximum atomic E-state index is 12.2. The highest BCUT2D eigenvalue weighted by Gasteiger charge is 2.33. The molecule has 0 fully saturated rings. The Morgan fingerprint density at radius 2 is 1.96 bits per heavy atom. The first-order chi connectivity index (χ1) is 11.8. The molecule has 3 nitrogen and oxygen atoms in total. The summed E-state index contributed by atoms with van der Waals surface area (Å²) in [6.07, 6.45) is -3.83. The first-order valence-electron chi connectivity index (χ1n) is 7.28. The Labute approximate surface area is 160 Å². The number of benzene rings is 2. The summed E-state index contributed by atoms with van der Waals surface area (Å²) in [7, 11) is 0. The number of carbonyl (C=O) groups is 1. The zero-order valence-electron chi connectivity index (χ0n) is 12.7. The van der Waals surface area contributed by atoms with Gasteiger partial charge in [-0.25, -0.2) is 0 Å². The van der Waals surface area contributed by atoms with Gasteiger partial charge < -0.3 is 9.53 Å². The highest BCUT2D eigenvalue weighted by Crippen LogP contribution is 2.38. The molecule has 1 aliphatic rings. The number of hydrogen-bond donors (Lipinski definition) is 0. The Kier molecular flexibility index (Phi) is 5.26. The average Bonchev–Trinajstić information content (AvgIpc) is 2.85. The number of halogens is 5. The van der Waals surface area contributed by atoms with Crippen LogP contribution in [0.5, 0.6) is 5.75 Å². The van der Waals surface area contributed by atoms with E-state index in [-0.39, 0.29) is 5.75 Å². The number of aldehydes is 1. The van der Waals surface area contributed by atoms with Crippen LogP contribution in [0.3, 0.4) is 0 Å². The monoisotopic (exact) mass is 481 g/mol. The van der Waals surface area contributed by atoms with Gasteiger partial charge in [0.05, 0.1) is 6.04 Å². The summed E-state index contributed by atoms with van der Waals surface area (Å²) < 4.78 is 41.4. The molecule has 0 aromatic heterocycles. The molecule has 0 radical (unpaired) electrons. The van der Waals surface area contributed by atoms with Crippen LogP contribution in [0.1, 0.15) is 22.7 Å². The van der Waals surface area contributed by atoms with Crippen molar-refractivity contribution in [1.82, 2.24) is 4.90 Å². The minimum Gasteiger partial charge on any atom is -0.406 e. The van der Waals surface area contributed by atoms with Crippen molar-refractivity contribution in [1.29, 1.82) is 0 Å². The van der Waals surface area contributed by atoms with Gasteiger partial charge in [0, 0.05) is 21.7 Å². The highest BCUT2D eigenvalue weighted by atomic mass is 127. The van der Waals surface area contributed by atoms with Crippen LogP contribution in [0.4, 0.5) is 13.2 Å². The fourth-order valence-electron chi connectivity index (χ4n) is 2.94. The van der Waals surface area contributed by atoms with E-state index in [9.17, 15) is 18.0 Å². The van der Waals surface area contributed by atoms with E-state index < -0.39 is 12.4 Å². The Morgan fingerprint density at radius 1 is 1.28 bits per heavy atom. The number of hydrogen-bond acceptors (Lipinski definition) is 3. The number of alkyl halides is 3. The summed E-state index contributed by atoms with van der Waals surface area (Å²) in [6.45, 7) is 0.980. The van der Waals surface area contributed by atoms with E-state index in [1.54, 1.807) is 12.1 Å². The van der Waals surface area contributed by atoms with E-state index in [0.717, 1.165) is 26.5 Å². The summed E-state index contributed by atoms with van der Waals surface area (Å²) in [5.74, 6) is -0.269. The molecule has 0 bridgehead atoms. The Morgan fingerprint density at radius 3 is 2.56 bits per heavy atom. The zero-order chi connectivity index (χ0) is 18.2. The fraction of sp³-hybridized carbons (Fsp3) is 0.235. The lowest BCUT2D eigenvalue weighted by molar-refractivity contribution is -0.274. The predicted molar refractivity (Wildman–Crippen MR) is 95.3 cm³/mol. The summed E-state index contributed by atoms with van der Waals surface area (Å²) in [6, 6.07) is 8.91. The maximum absolute atomic E-state index is 12.2. The maximum Gasteiger partial charge on any atom is 0.573 e. The molecule has 0 saturated heterocycles. The van der Waals surface area contributed by atoms with Crippen molar-refractivity contribution >= 4 is 40.5 Å². The van der Waals surface area contributed by atoms with Crippen LogP contribution in [0.15, 0.2) is 36.4 Å². The van der Waals surface area contributed by atoms with Crippen LogP contribution < -0.4 is 4.74 Å². The largest absolute Gasteiger partial charge is 0.573 e. The van der Waals surface area contributed by atoms with Gasteiger partial charge in [0.1, 0.15) is 12.0 Å². The molecule has 25 heavy (non-hydrogen) atoms. The van der Waals surface area contributed by atoms with E-state index in [0.29, 0.717) is 18.1 Å². The van der Waals surface area contributed by atoms with Crippen molar-refractivity contribution in [3.8, 4) is 5.75 Å². The molecule has 1 unspecified atom stereocenters. The topological polar surface area (TPSA) is 29.5 Å². The van der Waals surface area contributed by atoms with Crippen LogP contribution in [0.25, 0.3) is 0 Å². The van der Waals surface area contributed by atoms with Crippen molar-refractivity contribution in [3.63, 3.8) is 0 Å². The van der Waals surface area contributed by atoms with Crippen molar-refractivity contribution in [3.05, 3.63) is 61.7 Å². The van der Waals surface area contributed by atoms with Crippen molar-refractivity contribution < 1.29 is 22.7 Å². The normalized spacial score (nSPS) is 17.4. The highest BCUT2D eigenvalue weighted by molar-refractivity contribution is 14.1. The van der Waals surface area contributed by atoms with Gasteiger partial charge in [0.25, 0.3) is 0 Å². The van der Waals surface area contributed by atoms with Crippen LogP contribution >= 0.6 is 34.2 Å². The van der Waals surface area contributed by atoms with Gasteiger partial charge >= 0.3 is 6.36 Å². The third kappa shape index (κ3) is 4.27. The molecule has 0 N–H and O–H groups in total. The summed E-state index contributed by atoms with van der Waals surface area (Å²) in [4.78, 5) is 13.5. The van der Waals surface area contributed by atoms with Crippen LogP contribution in [0, 0.1) is 3.57 Å². The summed E-state index contributed by atoms with van der Waals surface area (Å²) in [5, 5.41) is 0.614. The molecule has 1 aliphatic heterocycles. The van der Waals surface area contributed by atoms with Crippen LogP contribution in [-0.2, 0) is 17.9 Å². The van der Waals surface area contributed by atoms with Crippen molar-refractivity contribution in [2.24, 2.45) is 0 Å². The first-order valence-corrected chi connectivity index (χ1v) is 8.74. The van der Waals surface area contributed by atoms with Gasteiger partial charge in [-0.05, 0) is 63.5 Å². The molecule has 132 valence electrons. The quantitative estimate of drug-likeness (QED) is 0.450. The molecule has 0 spiro atoms. The van der Waals surface area contributed by atoms with Gasteiger partial charge in [-0.2, -0.15) is 0 Å². The van der Waals surface area contributed by atoms with Crippen LogP contribution in [-0.4, -0.2) is 17.5 Å². The minimum atomic E-state index is -4.71. The zero-order valence-corrected chi connectivity index (χ0v) is 15.6. The van der Waals surface area contributed by atoms with E-state index in [1.165, 1.54) is 12.1 Å². The number of nitrogens with zero attached hydrogens (tertiary/aromatic N) is 1. The number of ether oxygens (including phenoxy) is 1. The third-order valence-electron chi connectivity index (χ3n) is 3.91. The molecule has 0 saturated carbocycles. The standard InChI is InChI=1S/C17H12ClF3INO2/c18-12-5-11-8-23(15(9-24)16(11)14(22)6-12)7-10-1-3-13(4-2-10)25-17(19,20)21/h1-6,9,15H,7-8H2. The van der Waals surface area contributed by atoms with E-state index in [1.807, 2.05) is 17.0 Å². The Balaban J connectivity index is 1.77. The van der Waals surface area contributed by atoms with E-state index >= 15 is 0 Å². The van der Waals surface area contributed by atoms with Gasteiger partial charge in [-0.15, -0.1) is 13.2 Å². The smallest absolute Gasteiger partial charge is 0.406 e. The summed E-state index contributed by atoms with van der Waals surface area (Å²) >= 11 is 8.24. The molecule has 2 aromatic carbocycles. The minimum absolute atomic E-state index is 0.269. The lowest BCUT2D eigenvalue weighted by Crippen LogP contribution is -2.23. The molecule has 0 aliphatic carbocycles. The second kappa shape index (κ2) is 7.13. The number of carbonyl (C=O) groups excluding carboxylic acids is 1. The molecule has 8 heteroatoms. The van der Waals surface area contributed by atoms with Gasteiger partial charge in [0.2, 0.25) is 0 Å². The molecule has 3 rings (SSSR count). The SMILES string of the molecule is O=CC1c2c(I)cc(Cl)cc2CN1Cc1ccc(OC(F)(F)F)cc1. The molecule has 1 heterocycles.